The third-order valence-corrected chi connectivity index (χ3v) is 2.55. The first-order chi connectivity index (χ1) is 9.27. The Kier molecular flexibility index (Phi) is 3.81. The van der Waals surface area contributed by atoms with Gasteiger partial charge in [0, 0.05) is 5.39 Å². The molecule has 0 unspecified atom stereocenters. The molecule has 0 fully saturated rings. The Balaban J connectivity index is 2.56. The molecule has 0 aliphatic rings. The van der Waals surface area contributed by atoms with Gasteiger partial charge in [-0.3, -0.25) is 0 Å². The molecule has 0 aliphatic carbocycles. The summed E-state index contributed by atoms with van der Waals surface area (Å²) >= 11 is 0. The molecule has 0 saturated carbocycles. The summed E-state index contributed by atoms with van der Waals surface area (Å²) in [5, 5.41) is 11.7. The number of rotatable bonds is 4. The van der Waals surface area contributed by atoms with Crippen molar-refractivity contribution in [1.29, 1.82) is 0 Å². The normalized spacial score (nSPS) is 9.58. The summed E-state index contributed by atoms with van der Waals surface area (Å²) in [7, 11) is 0. The van der Waals surface area contributed by atoms with Crippen molar-refractivity contribution in [3.8, 4) is 41.9 Å². The molecular weight excluding hydrogens is 240 g/mol. The van der Waals surface area contributed by atoms with Crippen LogP contribution in [0.5, 0.6) is 17.2 Å². The fraction of sp³-hybridized carbons (Fsp3) is 0.125. The second-order valence-electron chi connectivity index (χ2n) is 3.76. The van der Waals surface area contributed by atoms with Crippen LogP contribution in [0.3, 0.4) is 0 Å². The standard InChI is InChI=1S/C16H12O3/c1-3-9-18-14-11-12-7-5-6-8-13(12)15(17)16(14)19-10-4-2/h1-2,5-8,11,17H,9-10H2. The number of ether oxygens (including phenoxy) is 2. The molecule has 0 aliphatic heterocycles. The lowest BCUT2D eigenvalue weighted by Crippen LogP contribution is -2.00. The summed E-state index contributed by atoms with van der Waals surface area (Å²) < 4.78 is 10.7. The highest BCUT2D eigenvalue weighted by molar-refractivity contribution is 5.92. The van der Waals surface area contributed by atoms with Crippen LogP contribution in [0.1, 0.15) is 0 Å². The van der Waals surface area contributed by atoms with E-state index >= 15 is 0 Å². The van der Waals surface area contributed by atoms with Crippen molar-refractivity contribution in [3.63, 3.8) is 0 Å². The number of fused-ring (bicyclic) bond motifs is 1. The van der Waals surface area contributed by atoms with Crippen LogP contribution in [-0.4, -0.2) is 18.3 Å². The minimum atomic E-state index is 0.000344. The Morgan fingerprint density at radius 1 is 1.05 bits per heavy atom. The molecule has 0 radical (unpaired) electrons. The van der Waals surface area contributed by atoms with E-state index in [2.05, 4.69) is 11.8 Å². The Labute approximate surface area is 111 Å². The minimum Gasteiger partial charge on any atom is -0.504 e. The lowest BCUT2D eigenvalue weighted by molar-refractivity contribution is 0.301. The molecule has 3 heteroatoms. The van der Waals surface area contributed by atoms with Gasteiger partial charge in [0.05, 0.1) is 0 Å². The molecule has 2 aromatic rings. The highest BCUT2D eigenvalue weighted by Gasteiger charge is 2.15. The van der Waals surface area contributed by atoms with Gasteiger partial charge in [-0.15, -0.1) is 12.8 Å². The average Bonchev–Trinajstić information content (AvgIpc) is 2.44. The number of phenolic OH excluding ortho intramolecular Hbond substituents is 1. The summed E-state index contributed by atoms with van der Waals surface area (Å²) in [6, 6.07) is 9.11. The Morgan fingerprint density at radius 2 is 1.74 bits per heavy atom. The zero-order valence-electron chi connectivity index (χ0n) is 10.2. The Bertz CT molecular complexity index is 675. The van der Waals surface area contributed by atoms with Gasteiger partial charge in [-0.1, -0.05) is 36.1 Å². The maximum atomic E-state index is 10.2. The lowest BCUT2D eigenvalue weighted by Gasteiger charge is -2.13. The van der Waals surface area contributed by atoms with Crippen molar-refractivity contribution in [1.82, 2.24) is 0 Å². The van der Waals surface area contributed by atoms with Crippen LogP contribution in [0.25, 0.3) is 10.8 Å². The van der Waals surface area contributed by atoms with Gasteiger partial charge in [-0.2, -0.15) is 0 Å². The average molecular weight is 252 g/mol. The molecule has 3 nitrogen and oxygen atoms in total. The number of hydrogen-bond acceptors (Lipinski definition) is 3. The molecule has 0 spiro atoms. The van der Waals surface area contributed by atoms with Crippen molar-refractivity contribution in [2.24, 2.45) is 0 Å². The van der Waals surface area contributed by atoms with Gasteiger partial charge in [0.25, 0.3) is 0 Å². The first kappa shape index (κ1) is 12.7. The highest BCUT2D eigenvalue weighted by atomic mass is 16.5. The third kappa shape index (κ3) is 2.56. The molecule has 0 aromatic heterocycles. The van der Waals surface area contributed by atoms with Crippen LogP contribution in [0, 0.1) is 24.7 Å². The molecule has 0 atom stereocenters. The second kappa shape index (κ2) is 5.71. The van der Waals surface area contributed by atoms with Crippen molar-refractivity contribution in [2.45, 2.75) is 0 Å². The van der Waals surface area contributed by atoms with E-state index in [0.717, 1.165) is 5.39 Å². The van der Waals surface area contributed by atoms with Crippen LogP contribution in [0.4, 0.5) is 0 Å². The smallest absolute Gasteiger partial charge is 0.205 e. The van der Waals surface area contributed by atoms with Gasteiger partial charge in [-0.05, 0) is 11.5 Å². The molecule has 0 amide bonds. The van der Waals surface area contributed by atoms with Gasteiger partial charge in [0.15, 0.2) is 11.5 Å². The van der Waals surface area contributed by atoms with E-state index in [1.54, 1.807) is 12.1 Å². The van der Waals surface area contributed by atoms with Gasteiger partial charge >= 0.3 is 0 Å². The van der Waals surface area contributed by atoms with E-state index in [9.17, 15) is 5.11 Å². The predicted molar refractivity (Wildman–Crippen MR) is 74.3 cm³/mol. The topological polar surface area (TPSA) is 38.7 Å². The van der Waals surface area contributed by atoms with Crippen LogP contribution in [-0.2, 0) is 0 Å². The van der Waals surface area contributed by atoms with Crippen LogP contribution in [0.2, 0.25) is 0 Å². The molecule has 1 N–H and O–H groups in total. The summed E-state index contributed by atoms with van der Waals surface area (Å²) in [4.78, 5) is 0. The van der Waals surface area contributed by atoms with Gasteiger partial charge < -0.3 is 14.6 Å². The fourth-order valence-electron chi connectivity index (χ4n) is 1.76. The van der Waals surface area contributed by atoms with Gasteiger partial charge in [0.2, 0.25) is 5.75 Å². The second-order valence-corrected chi connectivity index (χ2v) is 3.76. The molecule has 0 saturated heterocycles. The summed E-state index contributed by atoms with van der Waals surface area (Å²) in [5.74, 6) is 5.31. The lowest BCUT2D eigenvalue weighted by atomic mass is 10.1. The minimum absolute atomic E-state index is 0.000344. The van der Waals surface area contributed by atoms with Crippen molar-refractivity contribution >= 4 is 10.8 Å². The molecule has 0 heterocycles. The van der Waals surface area contributed by atoms with Crippen molar-refractivity contribution in [3.05, 3.63) is 30.3 Å². The molecule has 19 heavy (non-hydrogen) atoms. The zero-order chi connectivity index (χ0) is 13.7. The number of benzene rings is 2. The largest absolute Gasteiger partial charge is 0.504 e. The summed E-state index contributed by atoms with van der Waals surface area (Å²) in [6.07, 6.45) is 10.3. The SMILES string of the molecule is C#CCOc1cc2ccccc2c(O)c1OCC#C. The first-order valence-corrected chi connectivity index (χ1v) is 5.65. The molecule has 94 valence electrons. The van der Waals surface area contributed by atoms with Crippen LogP contribution in [0.15, 0.2) is 30.3 Å². The first-order valence-electron chi connectivity index (χ1n) is 5.65. The molecule has 2 aromatic carbocycles. The monoisotopic (exact) mass is 252 g/mol. The molecular formula is C16H12O3. The van der Waals surface area contributed by atoms with E-state index in [1.165, 1.54) is 0 Å². The fourth-order valence-corrected chi connectivity index (χ4v) is 1.76. The Morgan fingerprint density at radius 3 is 2.47 bits per heavy atom. The van der Waals surface area contributed by atoms with Crippen molar-refractivity contribution < 1.29 is 14.6 Å². The number of phenols is 1. The quantitative estimate of drug-likeness (QED) is 0.850. The van der Waals surface area contributed by atoms with E-state index in [1.807, 2.05) is 18.2 Å². The summed E-state index contributed by atoms with van der Waals surface area (Å²) in [5.41, 5.74) is 0. The predicted octanol–water partition coefficient (Wildman–Crippen LogP) is 2.57. The van der Waals surface area contributed by atoms with E-state index < -0.39 is 0 Å². The maximum absolute atomic E-state index is 10.2. The highest BCUT2D eigenvalue weighted by Crippen LogP contribution is 2.42. The maximum Gasteiger partial charge on any atom is 0.205 e. The van der Waals surface area contributed by atoms with Gasteiger partial charge in [0.1, 0.15) is 13.2 Å². The molecule has 2 rings (SSSR count). The number of hydrogen-bond donors (Lipinski definition) is 1. The van der Waals surface area contributed by atoms with Crippen molar-refractivity contribution in [2.75, 3.05) is 13.2 Å². The van der Waals surface area contributed by atoms with Crippen LogP contribution >= 0.6 is 0 Å². The van der Waals surface area contributed by atoms with Crippen LogP contribution < -0.4 is 9.47 Å². The Hall–Kier alpha value is -2.78. The molecule has 0 bridgehead atoms. The van der Waals surface area contributed by atoms with E-state index in [0.29, 0.717) is 11.1 Å². The third-order valence-electron chi connectivity index (χ3n) is 2.55. The number of aromatic hydroxyl groups is 1. The van der Waals surface area contributed by atoms with E-state index in [-0.39, 0.29) is 24.7 Å². The van der Waals surface area contributed by atoms with Gasteiger partial charge in [-0.25, -0.2) is 0 Å². The number of terminal acetylenes is 2. The zero-order valence-corrected chi connectivity index (χ0v) is 10.2. The summed E-state index contributed by atoms with van der Waals surface area (Å²) in [6.45, 7) is 0.127. The van der Waals surface area contributed by atoms with E-state index in [4.69, 9.17) is 22.3 Å².